The average molecular weight is 365 g/mol. The molecule has 0 saturated heterocycles. The van der Waals surface area contributed by atoms with Gasteiger partial charge in [-0.3, -0.25) is 9.59 Å². The van der Waals surface area contributed by atoms with Crippen molar-refractivity contribution in [3.8, 4) is 0 Å². The van der Waals surface area contributed by atoms with Gasteiger partial charge in [0.2, 0.25) is 5.56 Å². The van der Waals surface area contributed by atoms with Crippen molar-refractivity contribution in [3.05, 3.63) is 104 Å². The van der Waals surface area contributed by atoms with Crippen LogP contribution in [0.25, 0.3) is 0 Å². The number of aromatic nitrogens is 1. The van der Waals surface area contributed by atoms with E-state index in [0.717, 1.165) is 17.5 Å². The van der Waals surface area contributed by atoms with Gasteiger partial charge in [-0.05, 0) is 35.2 Å². The predicted octanol–water partition coefficient (Wildman–Crippen LogP) is 3.82. The highest BCUT2D eigenvalue weighted by Crippen LogP contribution is 2.38. The number of amides is 1. The number of benzene rings is 2. The van der Waals surface area contributed by atoms with Crippen LogP contribution in [0, 0.1) is 0 Å². The maximum atomic E-state index is 13.2. The third-order valence-corrected chi connectivity index (χ3v) is 5.12. The molecule has 4 nitrogen and oxygen atoms in total. The van der Waals surface area contributed by atoms with E-state index in [2.05, 4.69) is 17.1 Å². The average Bonchev–Trinajstić information content (AvgIpc) is 2.68. The van der Waals surface area contributed by atoms with Crippen molar-refractivity contribution >= 4 is 17.5 Å². The summed E-state index contributed by atoms with van der Waals surface area (Å²) in [7, 11) is 0. The first-order valence-corrected chi connectivity index (χ1v) is 8.85. The molecule has 2 aromatic carbocycles. The summed E-state index contributed by atoms with van der Waals surface area (Å²) < 4.78 is 0. The Balaban J connectivity index is 1.83. The van der Waals surface area contributed by atoms with Gasteiger partial charge in [0, 0.05) is 23.8 Å². The molecule has 0 aliphatic carbocycles. The summed E-state index contributed by atoms with van der Waals surface area (Å²) >= 11 is 6.48. The summed E-state index contributed by atoms with van der Waals surface area (Å²) in [6.45, 7) is 0.588. The number of carbonyl (C=O) groups is 1. The third kappa shape index (κ3) is 2.93. The molecule has 0 fully saturated rings. The van der Waals surface area contributed by atoms with Crippen LogP contribution in [0.2, 0.25) is 5.02 Å². The number of carbonyl (C=O) groups excluding carboxylic acids is 1. The molecule has 5 heteroatoms. The fourth-order valence-electron chi connectivity index (χ4n) is 3.53. The molecule has 1 unspecified atom stereocenters. The maximum Gasteiger partial charge on any atom is 0.256 e. The lowest BCUT2D eigenvalue weighted by Gasteiger charge is -2.38. The van der Waals surface area contributed by atoms with Gasteiger partial charge in [0.15, 0.2) is 0 Å². The van der Waals surface area contributed by atoms with Crippen LogP contribution in [0.15, 0.2) is 71.7 Å². The van der Waals surface area contributed by atoms with Gasteiger partial charge in [0.05, 0.1) is 11.6 Å². The minimum Gasteiger partial charge on any atom is -0.328 e. The van der Waals surface area contributed by atoms with Crippen molar-refractivity contribution < 1.29 is 4.79 Å². The van der Waals surface area contributed by atoms with Gasteiger partial charge in [0.25, 0.3) is 5.91 Å². The second-order valence-electron chi connectivity index (χ2n) is 6.31. The molecule has 0 spiro atoms. The molecule has 4 rings (SSSR count). The molecular formula is C21H17ClN2O2. The topological polar surface area (TPSA) is 53.2 Å². The minimum absolute atomic E-state index is 0.124. The second kappa shape index (κ2) is 6.81. The second-order valence-corrected chi connectivity index (χ2v) is 6.72. The van der Waals surface area contributed by atoms with Crippen LogP contribution in [0.4, 0.5) is 0 Å². The van der Waals surface area contributed by atoms with Gasteiger partial charge in [-0.1, -0.05) is 54.1 Å². The van der Waals surface area contributed by atoms with Crippen LogP contribution in [0.5, 0.6) is 0 Å². The molecule has 1 atom stereocenters. The Hall–Kier alpha value is -2.85. The van der Waals surface area contributed by atoms with Gasteiger partial charge in [-0.25, -0.2) is 0 Å². The van der Waals surface area contributed by atoms with E-state index in [0.29, 0.717) is 17.1 Å². The SMILES string of the molecule is O=C(c1ccc(=O)[nH]c1)N1CCc2ccccc2C1c1ccccc1Cl. The lowest BCUT2D eigenvalue weighted by atomic mass is 9.87. The number of pyridine rings is 1. The van der Waals surface area contributed by atoms with Gasteiger partial charge >= 0.3 is 0 Å². The minimum atomic E-state index is -0.256. The largest absolute Gasteiger partial charge is 0.328 e. The molecular weight excluding hydrogens is 348 g/mol. The summed E-state index contributed by atoms with van der Waals surface area (Å²) in [5.41, 5.74) is 3.45. The number of halogens is 1. The lowest BCUT2D eigenvalue weighted by Crippen LogP contribution is -2.40. The van der Waals surface area contributed by atoms with Crippen molar-refractivity contribution in [1.29, 1.82) is 0 Å². The van der Waals surface area contributed by atoms with Crippen molar-refractivity contribution in [2.24, 2.45) is 0 Å². The Morgan fingerprint density at radius 3 is 2.46 bits per heavy atom. The number of rotatable bonds is 2. The van der Waals surface area contributed by atoms with E-state index in [-0.39, 0.29) is 17.5 Å². The van der Waals surface area contributed by atoms with Crippen LogP contribution in [-0.4, -0.2) is 22.3 Å². The van der Waals surface area contributed by atoms with Gasteiger partial charge in [-0.15, -0.1) is 0 Å². The van der Waals surface area contributed by atoms with Crippen LogP contribution < -0.4 is 5.56 Å². The molecule has 1 amide bonds. The van der Waals surface area contributed by atoms with Crippen LogP contribution in [-0.2, 0) is 6.42 Å². The summed E-state index contributed by atoms with van der Waals surface area (Å²) in [5, 5.41) is 0.633. The first-order valence-electron chi connectivity index (χ1n) is 8.47. The van der Waals surface area contributed by atoms with Crippen molar-refractivity contribution in [2.45, 2.75) is 12.5 Å². The van der Waals surface area contributed by atoms with Gasteiger partial charge < -0.3 is 9.88 Å². The zero-order chi connectivity index (χ0) is 18.1. The molecule has 2 heterocycles. The van der Waals surface area contributed by atoms with Crippen molar-refractivity contribution in [2.75, 3.05) is 6.54 Å². The lowest BCUT2D eigenvalue weighted by molar-refractivity contribution is 0.0694. The Kier molecular flexibility index (Phi) is 4.35. The molecule has 0 saturated carbocycles. The Labute approximate surface area is 156 Å². The Bertz CT molecular complexity index is 1010. The number of aromatic amines is 1. The number of H-pyrrole nitrogens is 1. The maximum absolute atomic E-state index is 13.2. The van der Waals surface area contributed by atoms with E-state index >= 15 is 0 Å². The summed E-state index contributed by atoms with van der Waals surface area (Å²) in [4.78, 5) is 28.9. The van der Waals surface area contributed by atoms with Crippen molar-refractivity contribution in [3.63, 3.8) is 0 Å². The molecule has 1 aliphatic rings. The summed E-state index contributed by atoms with van der Waals surface area (Å²) in [6.07, 6.45) is 2.25. The van der Waals surface area contributed by atoms with Gasteiger partial charge in [-0.2, -0.15) is 0 Å². The quantitative estimate of drug-likeness (QED) is 0.751. The number of nitrogens with one attached hydrogen (secondary N) is 1. The normalized spacial score (nSPS) is 16.2. The van der Waals surface area contributed by atoms with E-state index in [9.17, 15) is 9.59 Å². The number of hydrogen-bond acceptors (Lipinski definition) is 2. The standard InChI is InChI=1S/C21H17ClN2O2/c22-18-8-4-3-7-17(18)20-16-6-2-1-5-14(16)11-12-24(20)21(26)15-9-10-19(25)23-13-15/h1-10,13,20H,11-12H2,(H,23,25). The molecule has 130 valence electrons. The molecule has 0 bridgehead atoms. The number of nitrogens with zero attached hydrogens (tertiary/aromatic N) is 1. The Morgan fingerprint density at radius 2 is 1.73 bits per heavy atom. The molecule has 1 aliphatic heterocycles. The van der Waals surface area contributed by atoms with E-state index in [1.165, 1.54) is 17.8 Å². The van der Waals surface area contributed by atoms with E-state index in [1.54, 1.807) is 6.07 Å². The highest BCUT2D eigenvalue weighted by molar-refractivity contribution is 6.31. The Morgan fingerprint density at radius 1 is 1.00 bits per heavy atom. The fraction of sp³-hybridized carbons (Fsp3) is 0.143. The summed E-state index contributed by atoms with van der Waals surface area (Å²) in [6, 6.07) is 18.4. The molecule has 1 N–H and O–H groups in total. The molecule has 1 aromatic heterocycles. The zero-order valence-electron chi connectivity index (χ0n) is 14.0. The first kappa shape index (κ1) is 16.6. The molecule has 3 aromatic rings. The van der Waals surface area contributed by atoms with Crippen LogP contribution in [0.3, 0.4) is 0 Å². The molecule has 0 radical (unpaired) electrons. The number of fused-ring (bicyclic) bond motifs is 1. The summed E-state index contributed by atoms with van der Waals surface area (Å²) in [5.74, 6) is -0.124. The van der Waals surface area contributed by atoms with Gasteiger partial charge in [0.1, 0.15) is 0 Å². The first-order chi connectivity index (χ1) is 12.6. The highest BCUT2D eigenvalue weighted by Gasteiger charge is 2.33. The fourth-order valence-corrected chi connectivity index (χ4v) is 3.77. The number of hydrogen-bond donors (Lipinski definition) is 1. The van der Waals surface area contributed by atoms with E-state index in [1.807, 2.05) is 41.3 Å². The zero-order valence-corrected chi connectivity index (χ0v) is 14.7. The van der Waals surface area contributed by atoms with E-state index < -0.39 is 0 Å². The van der Waals surface area contributed by atoms with Crippen LogP contribution >= 0.6 is 11.6 Å². The van der Waals surface area contributed by atoms with Crippen LogP contribution in [0.1, 0.15) is 33.1 Å². The van der Waals surface area contributed by atoms with E-state index in [4.69, 9.17) is 11.6 Å². The predicted molar refractivity (Wildman–Crippen MR) is 102 cm³/mol. The smallest absolute Gasteiger partial charge is 0.256 e. The monoisotopic (exact) mass is 364 g/mol. The molecule has 26 heavy (non-hydrogen) atoms. The highest BCUT2D eigenvalue weighted by atomic mass is 35.5. The third-order valence-electron chi connectivity index (χ3n) is 4.78. The van der Waals surface area contributed by atoms with Crippen molar-refractivity contribution in [1.82, 2.24) is 9.88 Å².